The minimum Gasteiger partial charge on any atom is -0.399 e. The second-order valence-electron chi connectivity index (χ2n) is 3.62. The molecule has 0 bridgehead atoms. The van der Waals surface area contributed by atoms with E-state index in [0.717, 1.165) is 5.69 Å². The second kappa shape index (κ2) is 4.93. The lowest BCUT2D eigenvalue weighted by molar-refractivity contribution is 0.0950. The first kappa shape index (κ1) is 11.5. The van der Waals surface area contributed by atoms with Gasteiger partial charge in [0, 0.05) is 17.6 Å². The van der Waals surface area contributed by atoms with E-state index in [1.54, 1.807) is 24.4 Å². The molecule has 0 atom stereocenters. The molecular formula is C12H12ClN3O. The highest BCUT2D eigenvalue weighted by atomic mass is 35.5. The van der Waals surface area contributed by atoms with Crippen LogP contribution in [0.1, 0.15) is 16.1 Å². The van der Waals surface area contributed by atoms with Gasteiger partial charge in [-0.25, -0.2) is 0 Å². The summed E-state index contributed by atoms with van der Waals surface area (Å²) in [5.41, 5.74) is 7.44. The van der Waals surface area contributed by atoms with Crippen molar-refractivity contribution in [3.63, 3.8) is 0 Å². The van der Waals surface area contributed by atoms with Crippen LogP contribution in [0, 0.1) is 0 Å². The van der Waals surface area contributed by atoms with Gasteiger partial charge in [-0.2, -0.15) is 0 Å². The number of nitrogens with one attached hydrogen (secondary N) is 2. The highest BCUT2D eigenvalue weighted by Gasteiger charge is 2.10. The van der Waals surface area contributed by atoms with Crippen molar-refractivity contribution in [2.45, 2.75) is 6.54 Å². The molecule has 0 fully saturated rings. The number of hydrogen-bond donors (Lipinski definition) is 3. The maximum absolute atomic E-state index is 11.8. The van der Waals surface area contributed by atoms with E-state index in [4.69, 9.17) is 17.3 Å². The third-order valence-corrected chi connectivity index (χ3v) is 2.67. The Kier molecular flexibility index (Phi) is 3.35. The molecule has 2 aromatic rings. The number of benzene rings is 1. The van der Waals surface area contributed by atoms with Gasteiger partial charge in [0.2, 0.25) is 0 Å². The van der Waals surface area contributed by atoms with E-state index in [1.165, 1.54) is 0 Å². The lowest BCUT2D eigenvalue weighted by Gasteiger charge is -2.06. The van der Waals surface area contributed by atoms with Gasteiger partial charge in [-0.1, -0.05) is 11.6 Å². The largest absolute Gasteiger partial charge is 0.399 e. The Morgan fingerprint density at radius 1 is 1.41 bits per heavy atom. The molecule has 1 amide bonds. The molecule has 1 aromatic heterocycles. The fraction of sp³-hybridized carbons (Fsp3) is 0.0833. The number of nitrogens with two attached hydrogens (primary N) is 1. The van der Waals surface area contributed by atoms with Crippen LogP contribution >= 0.6 is 11.6 Å². The summed E-state index contributed by atoms with van der Waals surface area (Å²) in [7, 11) is 0. The van der Waals surface area contributed by atoms with Crippen LogP contribution in [-0.4, -0.2) is 10.9 Å². The summed E-state index contributed by atoms with van der Waals surface area (Å²) in [5.74, 6) is -0.239. The maximum atomic E-state index is 11.8. The van der Waals surface area contributed by atoms with Crippen LogP contribution in [0.3, 0.4) is 0 Å². The van der Waals surface area contributed by atoms with Crippen molar-refractivity contribution >= 4 is 23.2 Å². The van der Waals surface area contributed by atoms with Gasteiger partial charge in [0.15, 0.2) is 0 Å². The molecule has 0 radical (unpaired) electrons. The maximum Gasteiger partial charge on any atom is 0.253 e. The number of rotatable bonds is 3. The van der Waals surface area contributed by atoms with E-state index < -0.39 is 0 Å². The molecule has 1 aromatic carbocycles. The minimum atomic E-state index is -0.239. The highest BCUT2D eigenvalue weighted by molar-refractivity contribution is 6.34. The summed E-state index contributed by atoms with van der Waals surface area (Å²) in [5, 5.41) is 3.15. The molecule has 1 heterocycles. The van der Waals surface area contributed by atoms with E-state index >= 15 is 0 Å². The number of hydrogen-bond acceptors (Lipinski definition) is 2. The number of H-pyrrole nitrogens is 1. The topological polar surface area (TPSA) is 70.9 Å². The number of amides is 1. The molecule has 0 aliphatic carbocycles. The van der Waals surface area contributed by atoms with Crippen molar-refractivity contribution in [3.05, 3.63) is 52.8 Å². The first-order valence-corrected chi connectivity index (χ1v) is 5.50. The number of carbonyl (C=O) groups excluding carboxylic acids is 1. The molecular weight excluding hydrogens is 238 g/mol. The van der Waals surface area contributed by atoms with Gasteiger partial charge >= 0.3 is 0 Å². The van der Waals surface area contributed by atoms with Gasteiger partial charge in [0.05, 0.1) is 17.1 Å². The number of halogens is 1. The molecule has 0 spiro atoms. The number of carbonyl (C=O) groups is 1. The molecule has 2 rings (SSSR count). The standard InChI is InChI=1S/C12H12ClN3O/c13-11-4-3-8(14)6-10(11)12(17)16-7-9-2-1-5-15-9/h1-6,15H,7,14H2,(H,16,17). The smallest absolute Gasteiger partial charge is 0.253 e. The van der Waals surface area contributed by atoms with E-state index in [9.17, 15) is 4.79 Å². The lowest BCUT2D eigenvalue weighted by atomic mass is 10.2. The number of anilines is 1. The van der Waals surface area contributed by atoms with Crippen molar-refractivity contribution in [3.8, 4) is 0 Å². The van der Waals surface area contributed by atoms with Crippen molar-refractivity contribution in [1.82, 2.24) is 10.3 Å². The van der Waals surface area contributed by atoms with E-state index in [2.05, 4.69) is 10.3 Å². The normalized spacial score (nSPS) is 10.2. The monoisotopic (exact) mass is 249 g/mol. The molecule has 0 saturated heterocycles. The Bertz CT molecular complexity index is 523. The first-order chi connectivity index (χ1) is 8.16. The van der Waals surface area contributed by atoms with Gasteiger partial charge in [-0.3, -0.25) is 4.79 Å². The van der Waals surface area contributed by atoms with Crippen LogP contribution < -0.4 is 11.1 Å². The molecule has 0 saturated carbocycles. The molecule has 0 aliphatic heterocycles. The summed E-state index contributed by atoms with van der Waals surface area (Å²) < 4.78 is 0. The third-order valence-electron chi connectivity index (χ3n) is 2.34. The molecule has 88 valence electrons. The molecule has 5 heteroatoms. The van der Waals surface area contributed by atoms with Crippen LogP contribution in [0.25, 0.3) is 0 Å². The van der Waals surface area contributed by atoms with Gasteiger partial charge in [0.1, 0.15) is 0 Å². The van der Waals surface area contributed by atoms with Gasteiger partial charge in [-0.15, -0.1) is 0 Å². The molecule has 0 unspecified atom stereocenters. The van der Waals surface area contributed by atoms with Crippen LogP contribution in [0.15, 0.2) is 36.5 Å². The molecule has 4 N–H and O–H groups in total. The Balaban J connectivity index is 2.07. The minimum absolute atomic E-state index is 0.239. The predicted molar refractivity (Wildman–Crippen MR) is 67.8 cm³/mol. The van der Waals surface area contributed by atoms with Crippen molar-refractivity contribution in [1.29, 1.82) is 0 Å². The van der Waals surface area contributed by atoms with E-state index in [1.807, 2.05) is 12.1 Å². The highest BCUT2D eigenvalue weighted by Crippen LogP contribution is 2.18. The third kappa shape index (κ3) is 2.79. The SMILES string of the molecule is Nc1ccc(Cl)c(C(=O)NCc2ccc[nH]2)c1. The zero-order chi connectivity index (χ0) is 12.3. The van der Waals surface area contributed by atoms with E-state index in [0.29, 0.717) is 22.8 Å². The van der Waals surface area contributed by atoms with Crippen LogP contribution in [0.5, 0.6) is 0 Å². The van der Waals surface area contributed by atoms with Gasteiger partial charge < -0.3 is 16.0 Å². The van der Waals surface area contributed by atoms with Crippen LogP contribution in [0.4, 0.5) is 5.69 Å². The average molecular weight is 250 g/mol. The summed E-state index contributed by atoms with van der Waals surface area (Å²) in [6.45, 7) is 0.428. The fourth-order valence-corrected chi connectivity index (χ4v) is 1.67. The quantitative estimate of drug-likeness (QED) is 0.730. The Hall–Kier alpha value is -1.94. The Morgan fingerprint density at radius 2 is 2.24 bits per heavy atom. The Labute approximate surface area is 104 Å². The van der Waals surface area contributed by atoms with Crippen molar-refractivity contribution in [2.75, 3.05) is 5.73 Å². The van der Waals surface area contributed by atoms with Crippen LogP contribution in [-0.2, 0) is 6.54 Å². The summed E-state index contributed by atoms with van der Waals surface area (Å²) in [6.07, 6.45) is 1.80. The van der Waals surface area contributed by atoms with Gasteiger partial charge in [-0.05, 0) is 30.3 Å². The first-order valence-electron chi connectivity index (χ1n) is 5.12. The van der Waals surface area contributed by atoms with E-state index in [-0.39, 0.29) is 5.91 Å². The van der Waals surface area contributed by atoms with Crippen LogP contribution in [0.2, 0.25) is 5.02 Å². The molecule has 0 aliphatic rings. The second-order valence-corrected chi connectivity index (χ2v) is 4.02. The van der Waals surface area contributed by atoms with Crippen molar-refractivity contribution < 1.29 is 4.79 Å². The fourth-order valence-electron chi connectivity index (χ4n) is 1.47. The zero-order valence-electron chi connectivity index (χ0n) is 9.03. The number of aromatic nitrogens is 1. The average Bonchev–Trinajstić information content (AvgIpc) is 2.82. The zero-order valence-corrected chi connectivity index (χ0v) is 9.79. The molecule has 4 nitrogen and oxygen atoms in total. The Morgan fingerprint density at radius 3 is 2.94 bits per heavy atom. The predicted octanol–water partition coefficient (Wildman–Crippen LogP) is 2.18. The summed E-state index contributed by atoms with van der Waals surface area (Å²) >= 11 is 5.93. The molecule has 17 heavy (non-hydrogen) atoms. The number of nitrogen functional groups attached to an aromatic ring is 1. The van der Waals surface area contributed by atoms with Gasteiger partial charge in [0.25, 0.3) is 5.91 Å². The summed E-state index contributed by atoms with van der Waals surface area (Å²) in [4.78, 5) is 14.8. The summed E-state index contributed by atoms with van der Waals surface area (Å²) in [6, 6.07) is 8.59. The van der Waals surface area contributed by atoms with Crippen molar-refractivity contribution in [2.24, 2.45) is 0 Å². The lowest BCUT2D eigenvalue weighted by Crippen LogP contribution is -2.23. The number of aromatic amines is 1.